The molecular weight excluding hydrogens is 629 g/mol. The van der Waals surface area contributed by atoms with E-state index in [1.165, 1.54) is 96.3 Å². The highest BCUT2D eigenvalue weighted by Gasteiger charge is 2.09. The molecule has 0 fully saturated rings. The standard InChI is InChI=1S/C43H58O5S/c1-3-5-7-9-11-13-14-16-18-20-36-47-49(45)42-33-25-38(26-34-42)22-21-37-23-29-41(30-24-37)48-43(44)39-27-31-40(32-28-39)46-35-19-17-15-12-10-8-6-4-2/h23-34H,3-20,35-36H2,1-2H3. The van der Waals surface area contributed by atoms with Crippen LogP contribution in [-0.2, 0) is 15.3 Å². The summed E-state index contributed by atoms with van der Waals surface area (Å²) < 4.78 is 29.5. The summed E-state index contributed by atoms with van der Waals surface area (Å²) in [6.07, 6.45) is 22.7. The zero-order valence-corrected chi connectivity index (χ0v) is 30.8. The maximum atomic E-state index is 12.7. The van der Waals surface area contributed by atoms with E-state index in [4.69, 9.17) is 13.7 Å². The number of carbonyl (C=O) groups is 1. The summed E-state index contributed by atoms with van der Waals surface area (Å²) in [6.45, 7) is 5.69. The Morgan fingerprint density at radius 1 is 0.531 bits per heavy atom. The molecule has 6 heteroatoms. The van der Waals surface area contributed by atoms with Gasteiger partial charge in [0.05, 0.1) is 23.7 Å². The third-order valence-electron chi connectivity index (χ3n) is 8.51. The lowest BCUT2D eigenvalue weighted by Gasteiger charge is -2.08. The van der Waals surface area contributed by atoms with Gasteiger partial charge in [-0.15, -0.1) is 0 Å². The lowest BCUT2D eigenvalue weighted by Crippen LogP contribution is -2.08. The summed E-state index contributed by atoms with van der Waals surface area (Å²) in [4.78, 5) is 13.3. The molecule has 0 aliphatic rings. The van der Waals surface area contributed by atoms with Gasteiger partial charge in [0, 0.05) is 11.1 Å². The van der Waals surface area contributed by atoms with Crippen molar-refractivity contribution in [3.63, 3.8) is 0 Å². The molecule has 1 unspecified atom stereocenters. The summed E-state index contributed by atoms with van der Waals surface area (Å²) in [5, 5.41) is 0. The van der Waals surface area contributed by atoms with Crippen LogP contribution in [0.15, 0.2) is 77.7 Å². The molecule has 3 aromatic carbocycles. The highest BCUT2D eigenvalue weighted by atomic mass is 32.2. The van der Waals surface area contributed by atoms with Gasteiger partial charge in [-0.3, -0.25) is 4.18 Å². The van der Waals surface area contributed by atoms with E-state index < -0.39 is 17.0 Å². The van der Waals surface area contributed by atoms with Crippen LogP contribution in [-0.4, -0.2) is 23.4 Å². The molecule has 0 saturated carbocycles. The van der Waals surface area contributed by atoms with Gasteiger partial charge in [0.1, 0.15) is 11.5 Å². The normalized spacial score (nSPS) is 11.5. The first-order valence-electron chi connectivity index (χ1n) is 18.8. The Morgan fingerprint density at radius 2 is 0.959 bits per heavy atom. The zero-order valence-electron chi connectivity index (χ0n) is 30.0. The predicted octanol–water partition coefficient (Wildman–Crippen LogP) is 11.8. The van der Waals surface area contributed by atoms with Crippen molar-refractivity contribution in [2.24, 2.45) is 0 Å². The van der Waals surface area contributed by atoms with E-state index in [0.29, 0.717) is 29.4 Å². The van der Waals surface area contributed by atoms with E-state index in [1.54, 1.807) is 36.4 Å². The Morgan fingerprint density at radius 3 is 1.47 bits per heavy atom. The lowest BCUT2D eigenvalue weighted by atomic mass is 10.1. The number of carbonyl (C=O) groups excluding carboxylic acids is 1. The smallest absolute Gasteiger partial charge is 0.343 e. The van der Waals surface area contributed by atoms with Crippen LogP contribution in [0, 0.1) is 11.8 Å². The largest absolute Gasteiger partial charge is 0.494 e. The van der Waals surface area contributed by atoms with Gasteiger partial charge in [0.15, 0.2) is 11.1 Å². The van der Waals surface area contributed by atoms with Crippen molar-refractivity contribution >= 4 is 17.0 Å². The van der Waals surface area contributed by atoms with E-state index in [1.807, 2.05) is 36.4 Å². The number of hydrogen-bond acceptors (Lipinski definition) is 5. The Labute approximate surface area is 299 Å². The topological polar surface area (TPSA) is 61.8 Å². The fourth-order valence-electron chi connectivity index (χ4n) is 5.47. The Kier molecular flexibility index (Phi) is 20.9. The van der Waals surface area contributed by atoms with Crippen LogP contribution >= 0.6 is 0 Å². The molecular formula is C43H58O5S. The van der Waals surface area contributed by atoms with E-state index in [0.717, 1.165) is 36.1 Å². The van der Waals surface area contributed by atoms with Crippen LogP contribution in [0.4, 0.5) is 0 Å². The third kappa shape index (κ3) is 17.7. The molecule has 49 heavy (non-hydrogen) atoms. The molecule has 266 valence electrons. The molecule has 3 rings (SSSR count). The van der Waals surface area contributed by atoms with Gasteiger partial charge in [-0.1, -0.05) is 128 Å². The number of hydrogen-bond donors (Lipinski definition) is 0. The zero-order chi connectivity index (χ0) is 34.8. The van der Waals surface area contributed by atoms with Gasteiger partial charge in [-0.05, 0) is 85.6 Å². The molecule has 0 aliphatic carbocycles. The SMILES string of the molecule is CCCCCCCCCCCCOS(=O)c1ccc(C#Cc2ccc(OC(=O)c3ccc(OCCCCCCCCCC)cc3)cc2)cc1. The number of esters is 1. The number of unbranched alkanes of at least 4 members (excludes halogenated alkanes) is 16. The second-order valence-electron chi connectivity index (χ2n) is 12.8. The summed E-state index contributed by atoms with van der Waals surface area (Å²) in [7, 11) is 0. The minimum absolute atomic E-state index is 0.418. The molecule has 3 aromatic rings. The van der Waals surface area contributed by atoms with E-state index >= 15 is 0 Å². The Bertz CT molecular complexity index is 1390. The van der Waals surface area contributed by atoms with Crippen LogP contribution in [0.3, 0.4) is 0 Å². The van der Waals surface area contributed by atoms with Crippen molar-refractivity contribution in [2.75, 3.05) is 13.2 Å². The van der Waals surface area contributed by atoms with Gasteiger partial charge in [-0.2, -0.15) is 0 Å². The van der Waals surface area contributed by atoms with E-state index in [-0.39, 0.29) is 0 Å². The van der Waals surface area contributed by atoms with Crippen LogP contribution in [0.25, 0.3) is 0 Å². The second-order valence-corrected chi connectivity index (χ2v) is 14.0. The van der Waals surface area contributed by atoms with Gasteiger partial charge in [0.25, 0.3) is 0 Å². The van der Waals surface area contributed by atoms with Crippen molar-refractivity contribution in [3.05, 3.63) is 89.5 Å². The summed E-state index contributed by atoms with van der Waals surface area (Å²) in [5.41, 5.74) is 2.08. The summed E-state index contributed by atoms with van der Waals surface area (Å²) in [5.74, 6) is 7.06. The molecule has 0 spiro atoms. The average Bonchev–Trinajstić information content (AvgIpc) is 3.13. The maximum absolute atomic E-state index is 12.7. The molecule has 5 nitrogen and oxygen atoms in total. The summed E-state index contributed by atoms with van der Waals surface area (Å²) >= 11 is -1.47. The Balaban J connectivity index is 1.31. The molecule has 0 aromatic heterocycles. The van der Waals surface area contributed by atoms with Crippen molar-refractivity contribution in [1.82, 2.24) is 0 Å². The molecule has 1 atom stereocenters. The number of rotatable bonds is 25. The quantitative estimate of drug-likeness (QED) is 0.0384. The highest BCUT2D eigenvalue weighted by Crippen LogP contribution is 2.18. The van der Waals surface area contributed by atoms with Crippen LogP contribution in [0.5, 0.6) is 11.5 Å². The molecule has 0 radical (unpaired) electrons. The number of benzene rings is 3. The van der Waals surface area contributed by atoms with Gasteiger partial charge < -0.3 is 9.47 Å². The van der Waals surface area contributed by atoms with Crippen molar-refractivity contribution in [3.8, 4) is 23.3 Å². The van der Waals surface area contributed by atoms with Crippen LogP contribution in [0.2, 0.25) is 0 Å². The fraction of sp³-hybridized carbons (Fsp3) is 0.512. The average molecular weight is 687 g/mol. The third-order valence-corrected chi connectivity index (χ3v) is 9.55. The van der Waals surface area contributed by atoms with Crippen molar-refractivity contribution in [1.29, 1.82) is 0 Å². The molecule has 0 bridgehead atoms. The highest BCUT2D eigenvalue weighted by molar-refractivity contribution is 7.80. The maximum Gasteiger partial charge on any atom is 0.343 e. The molecule has 0 N–H and O–H groups in total. The van der Waals surface area contributed by atoms with Crippen LogP contribution < -0.4 is 9.47 Å². The number of ether oxygens (including phenoxy) is 2. The first-order valence-corrected chi connectivity index (χ1v) is 19.9. The first kappa shape index (κ1) is 40.0. The van der Waals surface area contributed by atoms with Gasteiger partial charge >= 0.3 is 5.97 Å². The van der Waals surface area contributed by atoms with E-state index in [2.05, 4.69) is 25.7 Å². The summed E-state index contributed by atoms with van der Waals surface area (Å²) in [6, 6.07) is 21.5. The molecule has 0 saturated heterocycles. The minimum Gasteiger partial charge on any atom is -0.494 e. The molecule has 0 heterocycles. The van der Waals surface area contributed by atoms with Crippen molar-refractivity contribution in [2.45, 2.75) is 134 Å². The predicted molar refractivity (Wildman–Crippen MR) is 203 cm³/mol. The second kappa shape index (κ2) is 25.6. The van der Waals surface area contributed by atoms with Gasteiger partial charge in [0.2, 0.25) is 0 Å². The lowest BCUT2D eigenvalue weighted by molar-refractivity contribution is 0.0734. The fourth-order valence-corrected chi connectivity index (χ4v) is 6.23. The van der Waals surface area contributed by atoms with Crippen molar-refractivity contribution < 1.29 is 22.7 Å². The first-order chi connectivity index (χ1) is 24.1. The molecule has 0 aliphatic heterocycles. The Hall–Kier alpha value is -3.40. The minimum atomic E-state index is -1.47. The van der Waals surface area contributed by atoms with E-state index in [9.17, 15) is 9.00 Å². The molecule has 0 amide bonds. The monoisotopic (exact) mass is 686 g/mol. The van der Waals surface area contributed by atoms with Crippen LogP contribution in [0.1, 0.15) is 151 Å². The van der Waals surface area contributed by atoms with Gasteiger partial charge in [-0.25, -0.2) is 9.00 Å².